The smallest absolute Gasteiger partial charge is 0.220 e. The molecular formula is C12H17N3O. The standard InChI is InChI=1S/C12H17N3O/c16-12(9-11-3-1-2-4-11)14-6-8-15-7-5-13-10-15/h1,3,5,7,10-11H,2,4,6,8-9H2,(H,14,16). The van der Waals surface area contributed by atoms with E-state index in [0.717, 1.165) is 19.4 Å². The fourth-order valence-corrected chi connectivity index (χ4v) is 1.92. The molecule has 0 saturated carbocycles. The van der Waals surface area contributed by atoms with Gasteiger partial charge in [-0.1, -0.05) is 12.2 Å². The number of hydrogen-bond donors (Lipinski definition) is 1. The number of rotatable bonds is 5. The van der Waals surface area contributed by atoms with E-state index in [1.54, 1.807) is 12.5 Å². The van der Waals surface area contributed by atoms with E-state index in [0.29, 0.717) is 18.9 Å². The van der Waals surface area contributed by atoms with Gasteiger partial charge in [-0.3, -0.25) is 4.79 Å². The van der Waals surface area contributed by atoms with Crippen LogP contribution in [0.3, 0.4) is 0 Å². The van der Waals surface area contributed by atoms with Crippen molar-refractivity contribution >= 4 is 5.91 Å². The van der Waals surface area contributed by atoms with Crippen molar-refractivity contribution in [3.8, 4) is 0 Å². The molecule has 1 aliphatic rings. The van der Waals surface area contributed by atoms with Crippen LogP contribution >= 0.6 is 0 Å². The highest BCUT2D eigenvalue weighted by atomic mass is 16.1. The van der Waals surface area contributed by atoms with Gasteiger partial charge < -0.3 is 9.88 Å². The number of allylic oxidation sites excluding steroid dienone is 2. The lowest BCUT2D eigenvalue weighted by Crippen LogP contribution is -2.28. The predicted molar refractivity (Wildman–Crippen MR) is 61.7 cm³/mol. The van der Waals surface area contributed by atoms with Gasteiger partial charge in [0.2, 0.25) is 5.91 Å². The van der Waals surface area contributed by atoms with Gasteiger partial charge in [0, 0.05) is 31.9 Å². The number of nitrogens with one attached hydrogen (secondary N) is 1. The van der Waals surface area contributed by atoms with Crippen LogP contribution in [0.4, 0.5) is 0 Å². The topological polar surface area (TPSA) is 46.9 Å². The van der Waals surface area contributed by atoms with Gasteiger partial charge in [-0.15, -0.1) is 0 Å². The Balaban J connectivity index is 1.62. The van der Waals surface area contributed by atoms with E-state index in [4.69, 9.17) is 0 Å². The monoisotopic (exact) mass is 219 g/mol. The van der Waals surface area contributed by atoms with Gasteiger partial charge in [0.15, 0.2) is 0 Å². The first-order chi connectivity index (χ1) is 7.84. The van der Waals surface area contributed by atoms with Crippen molar-refractivity contribution < 1.29 is 4.79 Å². The molecule has 1 N–H and O–H groups in total. The summed E-state index contributed by atoms with van der Waals surface area (Å²) < 4.78 is 1.95. The van der Waals surface area contributed by atoms with Crippen LogP contribution in [0.5, 0.6) is 0 Å². The molecule has 4 nitrogen and oxygen atoms in total. The van der Waals surface area contributed by atoms with Crippen molar-refractivity contribution in [3.63, 3.8) is 0 Å². The number of carbonyl (C=O) groups excluding carboxylic acids is 1. The third kappa shape index (κ3) is 3.22. The Labute approximate surface area is 95.4 Å². The molecule has 1 atom stereocenters. The first-order valence-electron chi connectivity index (χ1n) is 5.73. The maximum atomic E-state index is 11.6. The Morgan fingerprint density at radius 1 is 1.56 bits per heavy atom. The number of imidazole rings is 1. The fraction of sp³-hybridized carbons (Fsp3) is 0.500. The lowest BCUT2D eigenvalue weighted by Gasteiger charge is -2.08. The summed E-state index contributed by atoms with van der Waals surface area (Å²) in [4.78, 5) is 15.5. The Kier molecular flexibility index (Phi) is 3.75. The largest absolute Gasteiger partial charge is 0.354 e. The summed E-state index contributed by atoms with van der Waals surface area (Å²) in [5.41, 5.74) is 0. The molecule has 86 valence electrons. The zero-order chi connectivity index (χ0) is 11.2. The minimum Gasteiger partial charge on any atom is -0.354 e. The molecule has 0 aromatic carbocycles. The van der Waals surface area contributed by atoms with Gasteiger partial charge in [-0.25, -0.2) is 4.98 Å². The Morgan fingerprint density at radius 3 is 3.19 bits per heavy atom. The maximum absolute atomic E-state index is 11.6. The van der Waals surface area contributed by atoms with Gasteiger partial charge in [0.25, 0.3) is 0 Å². The number of amides is 1. The van der Waals surface area contributed by atoms with Crippen molar-refractivity contribution in [2.24, 2.45) is 5.92 Å². The number of hydrogen-bond acceptors (Lipinski definition) is 2. The van der Waals surface area contributed by atoms with E-state index in [2.05, 4.69) is 22.5 Å². The fourth-order valence-electron chi connectivity index (χ4n) is 1.92. The Morgan fingerprint density at radius 2 is 2.50 bits per heavy atom. The highest BCUT2D eigenvalue weighted by Gasteiger charge is 2.13. The van der Waals surface area contributed by atoms with Crippen molar-refractivity contribution in [2.45, 2.75) is 25.8 Å². The average molecular weight is 219 g/mol. The Hall–Kier alpha value is -1.58. The molecule has 1 amide bonds. The van der Waals surface area contributed by atoms with Crippen molar-refractivity contribution in [3.05, 3.63) is 30.9 Å². The van der Waals surface area contributed by atoms with Gasteiger partial charge in [0.1, 0.15) is 0 Å². The lowest BCUT2D eigenvalue weighted by molar-refractivity contribution is -0.121. The van der Waals surface area contributed by atoms with Crippen LogP contribution in [-0.2, 0) is 11.3 Å². The zero-order valence-electron chi connectivity index (χ0n) is 9.30. The normalized spacial score (nSPS) is 18.9. The molecule has 0 fully saturated rings. The third-order valence-corrected chi connectivity index (χ3v) is 2.81. The van der Waals surface area contributed by atoms with Crippen LogP contribution in [0.1, 0.15) is 19.3 Å². The minimum atomic E-state index is 0.150. The van der Waals surface area contributed by atoms with E-state index < -0.39 is 0 Å². The second-order valence-corrected chi connectivity index (χ2v) is 4.12. The molecule has 0 saturated heterocycles. The van der Waals surface area contributed by atoms with Crippen molar-refractivity contribution in [1.29, 1.82) is 0 Å². The van der Waals surface area contributed by atoms with Crippen LogP contribution in [0.25, 0.3) is 0 Å². The molecule has 4 heteroatoms. The van der Waals surface area contributed by atoms with Gasteiger partial charge >= 0.3 is 0 Å². The van der Waals surface area contributed by atoms with Crippen LogP contribution in [0.2, 0.25) is 0 Å². The zero-order valence-corrected chi connectivity index (χ0v) is 9.30. The lowest BCUT2D eigenvalue weighted by atomic mass is 10.1. The van der Waals surface area contributed by atoms with Crippen molar-refractivity contribution in [1.82, 2.24) is 14.9 Å². The number of nitrogens with zero attached hydrogens (tertiary/aromatic N) is 2. The Bertz CT molecular complexity index is 356. The minimum absolute atomic E-state index is 0.150. The van der Waals surface area contributed by atoms with Crippen molar-refractivity contribution in [2.75, 3.05) is 6.54 Å². The van der Waals surface area contributed by atoms with E-state index in [1.807, 2.05) is 10.8 Å². The highest BCUT2D eigenvalue weighted by Crippen LogP contribution is 2.19. The summed E-state index contributed by atoms with van der Waals surface area (Å²) in [6.07, 6.45) is 12.6. The highest BCUT2D eigenvalue weighted by molar-refractivity contribution is 5.76. The van der Waals surface area contributed by atoms with E-state index in [9.17, 15) is 4.79 Å². The SMILES string of the molecule is O=C(CC1C=CCC1)NCCn1ccnc1. The average Bonchev–Trinajstić information content (AvgIpc) is 2.90. The number of carbonyl (C=O) groups is 1. The molecule has 1 aromatic rings. The van der Waals surface area contributed by atoms with E-state index in [1.165, 1.54) is 0 Å². The molecule has 0 spiro atoms. The van der Waals surface area contributed by atoms with Crippen LogP contribution in [0, 0.1) is 5.92 Å². The molecule has 16 heavy (non-hydrogen) atoms. The summed E-state index contributed by atoms with van der Waals surface area (Å²) in [6, 6.07) is 0. The number of aromatic nitrogens is 2. The summed E-state index contributed by atoms with van der Waals surface area (Å²) in [6.45, 7) is 1.46. The van der Waals surface area contributed by atoms with Crippen LogP contribution in [0.15, 0.2) is 30.9 Å². The quantitative estimate of drug-likeness (QED) is 0.760. The molecule has 1 unspecified atom stereocenters. The first-order valence-corrected chi connectivity index (χ1v) is 5.73. The summed E-state index contributed by atoms with van der Waals surface area (Å²) in [5.74, 6) is 0.602. The summed E-state index contributed by atoms with van der Waals surface area (Å²) in [5, 5.41) is 2.93. The summed E-state index contributed by atoms with van der Waals surface area (Å²) in [7, 11) is 0. The van der Waals surface area contributed by atoms with Gasteiger partial charge in [0.05, 0.1) is 6.33 Å². The van der Waals surface area contributed by atoms with E-state index >= 15 is 0 Å². The molecule has 0 radical (unpaired) electrons. The van der Waals surface area contributed by atoms with Crippen LogP contribution < -0.4 is 5.32 Å². The van der Waals surface area contributed by atoms with Gasteiger partial charge in [-0.2, -0.15) is 0 Å². The molecule has 1 aliphatic carbocycles. The van der Waals surface area contributed by atoms with Crippen LogP contribution in [-0.4, -0.2) is 22.0 Å². The second-order valence-electron chi connectivity index (χ2n) is 4.12. The molecule has 0 aliphatic heterocycles. The van der Waals surface area contributed by atoms with Gasteiger partial charge in [-0.05, 0) is 18.8 Å². The predicted octanol–water partition coefficient (Wildman–Crippen LogP) is 1.36. The first kappa shape index (κ1) is 10.9. The summed E-state index contributed by atoms with van der Waals surface area (Å²) >= 11 is 0. The maximum Gasteiger partial charge on any atom is 0.220 e. The molecule has 0 bridgehead atoms. The molecule has 2 rings (SSSR count). The van der Waals surface area contributed by atoms with E-state index in [-0.39, 0.29) is 5.91 Å². The third-order valence-electron chi connectivity index (χ3n) is 2.81. The molecule has 1 aromatic heterocycles. The molecule has 1 heterocycles. The molecular weight excluding hydrogens is 202 g/mol. The second kappa shape index (κ2) is 5.49.